The SMILES string of the molecule is CC(=O)OC(C)C1CCC(Cc2ccccc2N(C)C)CC1. The Bertz CT molecular complexity index is 490. The standard InChI is InChI=1S/C19H29NO2/c1-14(22-15(2)21)17-11-9-16(10-12-17)13-18-7-5-6-8-19(18)20(3)4/h5-8,14,16-17H,9-13H2,1-4H3. The zero-order chi connectivity index (χ0) is 16.1. The highest BCUT2D eigenvalue weighted by atomic mass is 16.5. The van der Waals surface area contributed by atoms with Gasteiger partial charge in [-0.05, 0) is 62.5 Å². The summed E-state index contributed by atoms with van der Waals surface area (Å²) in [4.78, 5) is 13.3. The third kappa shape index (κ3) is 4.49. The molecular weight excluding hydrogens is 274 g/mol. The number of esters is 1. The van der Waals surface area contributed by atoms with Crippen molar-refractivity contribution in [1.82, 2.24) is 0 Å². The summed E-state index contributed by atoms with van der Waals surface area (Å²) >= 11 is 0. The van der Waals surface area contributed by atoms with Gasteiger partial charge in [0.15, 0.2) is 0 Å². The van der Waals surface area contributed by atoms with Gasteiger partial charge in [-0.3, -0.25) is 4.79 Å². The molecule has 1 aromatic carbocycles. The number of hydrogen-bond acceptors (Lipinski definition) is 3. The van der Waals surface area contributed by atoms with Crippen LogP contribution in [0.4, 0.5) is 5.69 Å². The molecule has 1 aliphatic carbocycles. The monoisotopic (exact) mass is 303 g/mol. The number of carbonyl (C=O) groups is 1. The van der Waals surface area contributed by atoms with Crippen molar-refractivity contribution in [3.8, 4) is 0 Å². The molecule has 2 rings (SSSR count). The van der Waals surface area contributed by atoms with E-state index in [1.165, 1.54) is 43.9 Å². The fourth-order valence-corrected chi connectivity index (χ4v) is 3.65. The number of rotatable bonds is 5. The number of ether oxygens (including phenoxy) is 1. The fraction of sp³-hybridized carbons (Fsp3) is 0.632. The van der Waals surface area contributed by atoms with Gasteiger partial charge in [-0.2, -0.15) is 0 Å². The maximum atomic E-state index is 11.1. The fourth-order valence-electron chi connectivity index (χ4n) is 3.65. The quantitative estimate of drug-likeness (QED) is 0.768. The largest absolute Gasteiger partial charge is 0.463 e. The minimum absolute atomic E-state index is 0.0625. The Balaban J connectivity index is 1.89. The Hall–Kier alpha value is -1.51. The van der Waals surface area contributed by atoms with E-state index in [-0.39, 0.29) is 12.1 Å². The van der Waals surface area contributed by atoms with E-state index >= 15 is 0 Å². The number of hydrogen-bond donors (Lipinski definition) is 0. The van der Waals surface area contributed by atoms with Gasteiger partial charge in [0.1, 0.15) is 6.10 Å². The molecule has 0 spiro atoms. The summed E-state index contributed by atoms with van der Waals surface area (Å²) < 4.78 is 5.35. The Morgan fingerprint density at radius 3 is 2.45 bits per heavy atom. The minimum Gasteiger partial charge on any atom is -0.463 e. The van der Waals surface area contributed by atoms with Crippen molar-refractivity contribution in [2.24, 2.45) is 11.8 Å². The van der Waals surface area contributed by atoms with E-state index in [1.807, 2.05) is 6.92 Å². The second kappa shape index (κ2) is 7.66. The van der Waals surface area contributed by atoms with Gasteiger partial charge in [-0.15, -0.1) is 0 Å². The first-order chi connectivity index (χ1) is 10.5. The van der Waals surface area contributed by atoms with Crippen LogP contribution in [0.25, 0.3) is 0 Å². The lowest BCUT2D eigenvalue weighted by Crippen LogP contribution is -2.28. The predicted octanol–water partition coefficient (Wildman–Crippen LogP) is 4.05. The van der Waals surface area contributed by atoms with Crippen molar-refractivity contribution in [3.63, 3.8) is 0 Å². The zero-order valence-corrected chi connectivity index (χ0v) is 14.3. The minimum atomic E-state index is -0.158. The predicted molar refractivity (Wildman–Crippen MR) is 91.1 cm³/mol. The highest BCUT2D eigenvalue weighted by molar-refractivity contribution is 5.66. The molecule has 122 valence electrons. The molecule has 3 nitrogen and oxygen atoms in total. The van der Waals surface area contributed by atoms with Crippen molar-refractivity contribution >= 4 is 11.7 Å². The van der Waals surface area contributed by atoms with Crippen molar-refractivity contribution in [2.45, 2.75) is 52.1 Å². The molecule has 3 heteroatoms. The first kappa shape index (κ1) is 16.9. The zero-order valence-electron chi connectivity index (χ0n) is 14.3. The van der Waals surface area contributed by atoms with Crippen LogP contribution in [0.2, 0.25) is 0 Å². The molecule has 0 heterocycles. The summed E-state index contributed by atoms with van der Waals surface area (Å²) in [5.41, 5.74) is 2.78. The molecule has 0 aliphatic heterocycles. The van der Waals surface area contributed by atoms with Gasteiger partial charge >= 0.3 is 5.97 Å². The summed E-state index contributed by atoms with van der Waals surface area (Å²) in [7, 11) is 4.22. The van der Waals surface area contributed by atoms with E-state index in [9.17, 15) is 4.79 Å². The van der Waals surface area contributed by atoms with Crippen molar-refractivity contribution in [2.75, 3.05) is 19.0 Å². The van der Waals surface area contributed by atoms with Crippen LogP contribution in [0, 0.1) is 11.8 Å². The van der Waals surface area contributed by atoms with E-state index < -0.39 is 0 Å². The molecular formula is C19H29NO2. The summed E-state index contributed by atoms with van der Waals surface area (Å²) in [6.07, 6.45) is 6.03. The lowest BCUT2D eigenvalue weighted by atomic mass is 9.77. The van der Waals surface area contributed by atoms with E-state index in [0.717, 1.165) is 12.3 Å². The van der Waals surface area contributed by atoms with E-state index in [0.29, 0.717) is 5.92 Å². The molecule has 0 bridgehead atoms. The van der Waals surface area contributed by atoms with Gasteiger partial charge in [0.2, 0.25) is 0 Å². The van der Waals surface area contributed by atoms with Crippen LogP contribution in [0.1, 0.15) is 45.1 Å². The molecule has 0 radical (unpaired) electrons. The van der Waals surface area contributed by atoms with Crippen LogP contribution in [-0.2, 0) is 16.0 Å². The average Bonchev–Trinajstić information content (AvgIpc) is 2.47. The lowest BCUT2D eigenvalue weighted by molar-refractivity contribution is -0.148. The molecule has 1 aliphatic rings. The third-order valence-corrected chi connectivity index (χ3v) is 4.89. The van der Waals surface area contributed by atoms with Crippen molar-refractivity contribution in [3.05, 3.63) is 29.8 Å². The molecule has 1 aromatic rings. The Morgan fingerprint density at radius 2 is 1.86 bits per heavy atom. The molecule has 0 aromatic heterocycles. The van der Waals surface area contributed by atoms with Gasteiger partial charge < -0.3 is 9.64 Å². The summed E-state index contributed by atoms with van der Waals surface area (Å²) in [6, 6.07) is 8.69. The van der Waals surface area contributed by atoms with Crippen molar-refractivity contribution < 1.29 is 9.53 Å². The number of carbonyl (C=O) groups excluding carboxylic acids is 1. The molecule has 1 atom stereocenters. The highest BCUT2D eigenvalue weighted by Gasteiger charge is 2.27. The molecule has 22 heavy (non-hydrogen) atoms. The Morgan fingerprint density at radius 1 is 1.23 bits per heavy atom. The van der Waals surface area contributed by atoms with Crippen LogP contribution in [0.15, 0.2) is 24.3 Å². The van der Waals surface area contributed by atoms with E-state index in [4.69, 9.17) is 4.74 Å². The van der Waals surface area contributed by atoms with Crippen LogP contribution in [0.5, 0.6) is 0 Å². The molecule has 0 amide bonds. The second-order valence-corrected chi connectivity index (χ2v) is 6.82. The summed E-state index contributed by atoms with van der Waals surface area (Å²) in [5.74, 6) is 1.13. The number of benzene rings is 1. The Kier molecular flexibility index (Phi) is 5.87. The number of anilines is 1. The van der Waals surface area contributed by atoms with Gasteiger partial charge in [-0.1, -0.05) is 18.2 Å². The average molecular weight is 303 g/mol. The van der Waals surface area contributed by atoms with Gasteiger partial charge in [-0.25, -0.2) is 0 Å². The highest BCUT2D eigenvalue weighted by Crippen LogP contribution is 2.35. The molecule has 0 N–H and O–H groups in total. The molecule has 1 unspecified atom stereocenters. The number of para-hydroxylation sites is 1. The van der Waals surface area contributed by atoms with Crippen LogP contribution >= 0.6 is 0 Å². The molecule has 1 fully saturated rings. The first-order valence-corrected chi connectivity index (χ1v) is 8.39. The van der Waals surface area contributed by atoms with Gasteiger partial charge in [0.05, 0.1) is 0 Å². The third-order valence-electron chi connectivity index (χ3n) is 4.89. The topological polar surface area (TPSA) is 29.5 Å². The maximum Gasteiger partial charge on any atom is 0.302 e. The lowest BCUT2D eigenvalue weighted by Gasteiger charge is -2.32. The molecule has 0 saturated heterocycles. The summed E-state index contributed by atoms with van der Waals surface area (Å²) in [6.45, 7) is 3.54. The van der Waals surface area contributed by atoms with Crippen LogP contribution < -0.4 is 4.90 Å². The summed E-state index contributed by atoms with van der Waals surface area (Å²) in [5, 5.41) is 0. The smallest absolute Gasteiger partial charge is 0.302 e. The number of nitrogens with zero attached hydrogens (tertiary/aromatic N) is 1. The molecule has 1 saturated carbocycles. The first-order valence-electron chi connectivity index (χ1n) is 8.39. The van der Waals surface area contributed by atoms with Crippen LogP contribution in [-0.4, -0.2) is 26.2 Å². The second-order valence-electron chi connectivity index (χ2n) is 6.82. The normalized spacial score (nSPS) is 22.9. The van der Waals surface area contributed by atoms with E-state index in [1.54, 1.807) is 0 Å². The van der Waals surface area contributed by atoms with Gasteiger partial charge in [0, 0.05) is 26.7 Å². The van der Waals surface area contributed by atoms with Crippen molar-refractivity contribution in [1.29, 1.82) is 0 Å². The van der Waals surface area contributed by atoms with Crippen LogP contribution in [0.3, 0.4) is 0 Å². The van der Waals surface area contributed by atoms with E-state index in [2.05, 4.69) is 43.3 Å². The Labute approximate surface area is 134 Å². The maximum absolute atomic E-state index is 11.1. The van der Waals surface area contributed by atoms with Gasteiger partial charge in [0.25, 0.3) is 0 Å².